The fraction of sp³-hybridized carbons (Fsp3) is 0.296. The third-order valence-corrected chi connectivity index (χ3v) is 12.0. The summed E-state index contributed by atoms with van der Waals surface area (Å²) >= 11 is 7.97. The molecule has 0 bridgehead atoms. The minimum atomic E-state index is -3.98. The van der Waals surface area contributed by atoms with E-state index in [1.807, 2.05) is 36.4 Å². The first-order chi connectivity index (χ1) is 18.0. The summed E-state index contributed by atoms with van der Waals surface area (Å²) in [7, 11) is -7.36. The van der Waals surface area contributed by atoms with Crippen LogP contribution < -0.4 is 4.72 Å². The summed E-state index contributed by atoms with van der Waals surface area (Å²) < 4.78 is 54.5. The Hall–Kier alpha value is -2.05. The zero-order valence-corrected chi connectivity index (χ0v) is 25.0. The molecule has 208 valence electrons. The van der Waals surface area contributed by atoms with Crippen LogP contribution in [0.2, 0.25) is 5.02 Å². The molecule has 4 aromatic rings. The number of nitrogens with one attached hydrogen (secondary N) is 1. The molecule has 3 unspecified atom stereocenters. The van der Waals surface area contributed by atoms with Gasteiger partial charge < -0.3 is 5.11 Å². The van der Waals surface area contributed by atoms with Gasteiger partial charge in [-0.3, -0.25) is 4.98 Å². The first-order valence-electron chi connectivity index (χ1n) is 12.1. The Labute approximate surface area is 243 Å². The fourth-order valence-electron chi connectivity index (χ4n) is 4.77. The van der Waals surface area contributed by atoms with Crippen LogP contribution in [0.4, 0.5) is 0 Å². The maximum Gasteiger partial charge on any atom is 0.216 e. The largest absolute Gasteiger partial charge is 0.393 e. The SMILES string of the molecule is CC(O)Cc1ccnc(-c2cccc3cc(C(NS(=O)(=O)C4CCS(=O)(=O)C4)c4ccccc4Cl)sc23)c1.Cl. The molecule has 1 saturated heterocycles. The monoisotopic (exact) mass is 626 g/mol. The standard InChI is InChI=1S/C27H27ClN2O5S3.ClH/c1-17(31)13-18-9-11-29-24(14-18)22-7-4-5-19-15-25(36-27(19)22)26(21-6-2-3-8-23(21)28)30-38(34,35)20-10-12-37(32,33)16-20;/h2-9,11,14-15,17,20,26,30-31H,10,12-13,16H2,1H3;1H. The highest BCUT2D eigenvalue weighted by Gasteiger charge is 2.39. The number of benzene rings is 2. The normalized spacial score (nSPS) is 18.5. The Morgan fingerprint density at radius 3 is 2.62 bits per heavy atom. The van der Waals surface area contributed by atoms with Gasteiger partial charge >= 0.3 is 0 Å². The molecule has 3 atom stereocenters. The Bertz CT molecular complexity index is 1710. The lowest BCUT2D eigenvalue weighted by Crippen LogP contribution is -2.37. The molecule has 7 nitrogen and oxygen atoms in total. The van der Waals surface area contributed by atoms with Crippen LogP contribution in [0.1, 0.15) is 35.4 Å². The van der Waals surface area contributed by atoms with Gasteiger partial charge in [0.2, 0.25) is 10.0 Å². The van der Waals surface area contributed by atoms with Crippen LogP contribution in [-0.2, 0) is 26.3 Å². The van der Waals surface area contributed by atoms with Crippen LogP contribution in [0, 0.1) is 0 Å². The van der Waals surface area contributed by atoms with Crippen molar-refractivity contribution in [1.82, 2.24) is 9.71 Å². The molecular weight excluding hydrogens is 599 g/mol. The smallest absolute Gasteiger partial charge is 0.216 e. The number of aliphatic hydroxyl groups is 1. The van der Waals surface area contributed by atoms with E-state index in [9.17, 15) is 21.9 Å². The lowest BCUT2D eigenvalue weighted by Gasteiger charge is -2.21. The maximum atomic E-state index is 13.4. The van der Waals surface area contributed by atoms with E-state index in [1.54, 1.807) is 37.4 Å². The molecule has 3 heterocycles. The summed E-state index contributed by atoms with van der Waals surface area (Å²) in [4.78, 5) is 5.28. The van der Waals surface area contributed by atoms with Crippen LogP contribution in [0.5, 0.6) is 0 Å². The van der Waals surface area contributed by atoms with Gasteiger partial charge in [0.05, 0.1) is 34.6 Å². The minimum Gasteiger partial charge on any atom is -0.393 e. The van der Waals surface area contributed by atoms with E-state index in [0.29, 0.717) is 17.0 Å². The molecule has 0 spiro atoms. The van der Waals surface area contributed by atoms with Gasteiger partial charge in [-0.1, -0.05) is 48.0 Å². The Balaban J connectivity index is 0.00000353. The molecule has 5 rings (SSSR count). The third-order valence-electron chi connectivity index (χ3n) is 6.61. The van der Waals surface area contributed by atoms with Crippen LogP contribution >= 0.6 is 35.3 Å². The summed E-state index contributed by atoms with van der Waals surface area (Å²) in [6.07, 6.45) is 1.82. The predicted molar refractivity (Wildman–Crippen MR) is 160 cm³/mol. The van der Waals surface area contributed by atoms with Gasteiger partial charge in [0.25, 0.3) is 0 Å². The number of halogens is 2. The number of pyridine rings is 1. The molecule has 39 heavy (non-hydrogen) atoms. The number of aliphatic hydroxyl groups excluding tert-OH is 1. The molecule has 1 aliphatic heterocycles. The van der Waals surface area contributed by atoms with E-state index >= 15 is 0 Å². The maximum absolute atomic E-state index is 13.4. The van der Waals surface area contributed by atoms with Gasteiger partial charge in [-0.15, -0.1) is 23.7 Å². The van der Waals surface area contributed by atoms with Crippen molar-refractivity contribution in [1.29, 1.82) is 0 Å². The zero-order chi connectivity index (χ0) is 27.1. The van der Waals surface area contributed by atoms with Crippen molar-refractivity contribution in [3.05, 3.63) is 87.9 Å². The van der Waals surface area contributed by atoms with Crippen LogP contribution in [0.3, 0.4) is 0 Å². The van der Waals surface area contributed by atoms with E-state index in [0.717, 1.165) is 31.8 Å². The fourth-order valence-corrected chi connectivity index (χ4v) is 10.6. The van der Waals surface area contributed by atoms with Crippen LogP contribution in [0.15, 0.2) is 66.9 Å². The molecule has 0 radical (unpaired) electrons. The molecule has 12 heteroatoms. The van der Waals surface area contributed by atoms with E-state index in [2.05, 4.69) is 9.71 Å². The first-order valence-corrected chi connectivity index (χ1v) is 16.7. The quantitative estimate of drug-likeness (QED) is 0.279. The zero-order valence-electron chi connectivity index (χ0n) is 20.9. The number of thiophene rings is 1. The second-order valence-electron chi connectivity index (χ2n) is 9.62. The number of rotatable bonds is 8. The number of nitrogens with zero attached hydrogens (tertiary/aromatic N) is 1. The third kappa shape index (κ3) is 6.65. The van der Waals surface area contributed by atoms with Gasteiger partial charge in [-0.25, -0.2) is 21.6 Å². The van der Waals surface area contributed by atoms with Gasteiger partial charge in [0.1, 0.15) is 0 Å². The topological polar surface area (TPSA) is 113 Å². The predicted octanol–water partition coefficient (Wildman–Crippen LogP) is 5.16. The van der Waals surface area contributed by atoms with Gasteiger partial charge in [-0.2, -0.15) is 0 Å². The number of fused-ring (bicyclic) bond motifs is 1. The Morgan fingerprint density at radius 2 is 1.92 bits per heavy atom. The summed E-state index contributed by atoms with van der Waals surface area (Å²) in [6.45, 7) is 1.74. The summed E-state index contributed by atoms with van der Waals surface area (Å²) in [6, 6.07) is 17.9. The van der Waals surface area contributed by atoms with Crippen molar-refractivity contribution < 1.29 is 21.9 Å². The summed E-state index contributed by atoms with van der Waals surface area (Å²) in [5, 5.41) is 10.1. The molecule has 2 aromatic heterocycles. The molecule has 2 N–H and O–H groups in total. The van der Waals surface area contributed by atoms with Crippen molar-refractivity contribution in [2.45, 2.75) is 37.2 Å². The van der Waals surface area contributed by atoms with E-state index in [1.165, 1.54) is 11.3 Å². The average Bonchev–Trinajstić information content (AvgIpc) is 3.46. The second-order valence-corrected chi connectivity index (χ2v) is 15.3. The van der Waals surface area contributed by atoms with Crippen molar-refractivity contribution in [2.24, 2.45) is 0 Å². The Kier molecular flexibility index (Phi) is 9.07. The number of sulfone groups is 1. The van der Waals surface area contributed by atoms with E-state index in [-0.39, 0.29) is 30.3 Å². The molecular formula is C27H28Cl2N2O5S3. The highest BCUT2D eigenvalue weighted by molar-refractivity contribution is 7.95. The van der Waals surface area contributed by atoms with E-state index < -0.39 is 37.3 Å². The Morgan fingerprint density at radius 1 is 1.15 bits per heavy atom. The number of sulfonamides is 1. The summed E-state index contributed by atoms with van der Waals surface area (Å²) in [5.41, 5.74) is 3.21. The lowest BCUT2D eigenvalue weighted by molar-refractivity contribution is 0.195. The molecule has 1 aliphatic rings. The lowest BCUT2D eigenvalue weighted by atomic mass is 10.0. The van der Waals surface area contributed by atoms with E-state index in [4.69, 9.17) is 11.6 Å². The minimum absolute atomic E-state index is 0. The average molecular weight is 628 g/mol. The van der Waals surface area contributed by atoms with Crippen LogP contribution in [0.25, 0.3) is 21.3 Å². The highest BCUT2D eigenvalue weighted by atomic mass is 35.5. The number of hydrogen-bond donors (Lipinski definition) is 2. The van der Waals surface area contributed by atoms with Gasteiger partial charge in [0.15, 0.2) is 9.84 Å². The molecule has 2 aromatic carbocycles. The van der Waals surface area contributed by atoms with Crippen molar-refractivity contribution in [3.63, 3.8) is 0 Å². The van der Waals surface area contributed by atoms with Crippen molar-refractivity contribution >= 4 is 65.3 Å². The van der Waals surface area contributed by atoms with Crippen molar-refractivity contribution in [3.8, 4) is 11.3 Å². The van der Waals surface area contributed by atoms with Gasteiger partial charge in [-0.05, 0) is 60.5 Å². The number of hydrogen-bond acceptors (Lipinski definition) is 7. The molecule has 0 saturated carbocycles. The van der Waals surface area contributed by atoms with Crippen LogP contribution in [-0.4, -0.2) is 49.8 Å². The van der Waals surface area contributed by atoms with Crippen molar-refractivity contribution in [2.75, 3.05) is 11.5 Å². The number of aromatic nitrogens is 1. The molecule has 0 amide bonds. The summed E-state index contributed by atoms with van der Waals surface area (Å²) in [5.74, 6) is -0.523. The highest BCUT2D eigenvalue weighted by Crippen LogP contribution is 2.40. The molecule has 0 aliphatic carbocycles. The first kappa shape index (κ1) is 29.9. The second kappa shape index (κ2) is 11.8. The molecule has 1 fully saturated rings. The van der Waals surface area contributed by atoms with Gasteiger partial charge in [0, 0.05) is 26.4 Å².